The first-order chi connectivity index (χ1) is 9.19. The number of anilines is 1. The predicted molar refractivity (Wildman–Crippen MR) is 86.3 cm³/mol. The summed E-state index contributed by atoms with van der Waals surface area (Å²) in [5.41, 5.74) is 4.23. The molecule has 0 atom stereocenters. The van der Waals surface area contributed by atoms with Crippen LogP contribution in [0.5, 0.6) is 0 Å². The molecule has 2 aromatic rings. The number of benzene rings is 2. The molecule has 0 bridgehead atoms. The molecule has 0 aromatic heterocycles. The molecule has 2 aromatic carbocycles. The second kappa shape index (κ2) is 6.70. The maximum absolute atomic E-state index is 5.48. The van der Waals surface area contributed by atoms with Crippen LogP contribution >= 0.6 is 31.9 Å². The Labute approximate surface area is 128 Å². The number of nitrogens with two attached hydrogens (primary N) is 1. The van der Waals surface area contributed by atoms with Crippen molar-refractivity contribution in [2.24, 2.45) is 10.8 Å². The number of hydrogen-bond donors (Lipinski definition) is 3. The van der Waals surface area contributed by atoms with Gasteiger partial charge in [0.05, 0.1) is 5.69 Å². The number of hydrogen-bond acceptors (Lipinski definition) is 2. The molecule has 0 aliphatic rings. The summed E-state index contributed by atoms with van der Waals surface area (Å²) in [5, 5.41) is 3.10. The number of nitrogens with one attached hydrogen (secondary N) is 2. The maximum Gasteiger partial charge on any atom is 0.215 e. The molecule has 4 nitrogen and oxygen atoms in total. The van der Waals surface area contributed by atoms with Gasteiger partial charge in [0.25, 0.3) is 0 Å². The largest absolute Gasteiger partial charge is 0.325 e. The van der Waals surface area contributed by atoms with E-state index in [-0.39, 0.29) is 0 Å². The Bertz CT molecular complexity index is 584. The number of aliphatic imine (C=N–C) groups is 1. The summed E-state index contributed by atoms with van der Waals surface area (Å²) in [6, 6.07) is 15.4. The highest BCUT2D eigenvalue weighted by atomic mass is 79.9. The molecule has 0 amide bonds. The van der Waals surface area contributed by atoms with Crippen LogP contribution in [-0.4, -0.2) is 5.96 Å². The standard InChI is InChI=1S/C13H12Br2N4/c14-9-6-7-12(11(15)8-9)18-13(19-16)17-10-4-2-1-3-5-10/h1-8H,16H2,(H2,17,18,19). The summed E-state index contributed by atoms with van der Waals surface area (Å²) < 4.78 is 1.86. The minimum Gasteiger partial charge on any atom is -0.325 e. The number of para-hydroxylation sites is 1. The van der Waals surface area contributed by atoms with Gasteiger partial charge in [0.1, 0.15) is 0 Å². The van der Waals surface area contributed by atoms with E-state index < -0.39 is 0 Å². The molecule has 0 spiro atoms. The molecule has 0 aliphatic carbocycles. The van der Waals surface area contributed by atoms with Crippen LogP contribution < -0.4 is 16.6 Å². The van der Waals surface area contributed by atoms with E-state index in [9.17, 15) is 0 Å². The van der Waals surface area contributed by atoms with Gasteiger partial charge in [0, 0.05) is 14.6 Å². The number of rotatable bonds is 2. The van der Waals surface area contributed by atoms with Gasteiger partial charge in [0.2, 0.25) is 5.96 Å². The average Bonchev–Trinajstić information content (AvgIpc) is 2.42. The minimum absolute atomic E-state index is 0.467. The molecule has 0 saturated carbocycles. The fourth-order valence-corrected chi connectivity index (χ4v) is 2.58. The summed E-state index contributed by atoms with van der Waals surface area (Å²) in [4.78, 5) is 4.41. The van der Waals surface area contributed by atoms with Crippen molar-refractivity contribution in [3.8, 4) is 0 Å². The monoisotopic (exact) mass is 382 g/mol. The molecule has 0 unspecified atom stereocenters. The van der Waals surface area contributed by atoms with Gasteiger partial charge in [0.15, 0.2) is 0 Å². The van der Waals surface area contributed by atoms with E-state index in [1.807, 2.05) is 48.5 Å². The highest BCUT2D eigenvalue weighted by Crippen LogP contribution is 2.28. The molecule has 0 radical (unpaired) electrons. The number of nitrogens with zero attached hydrogens (tertiary/aromatic N) is 1. The van der Waals surface area contributed by atoms with Crippen LogP contribution in [0.2, 0.25) is 0 Å². The molecule has 4 N–H and O–H groups in total. The van der Waals surface area contributed by atoms with E-state index in [0.29, 0.717) is 5.96 Å². The second-order valence-electron chi connectivity index (χ2n) is 3.69. The van der Waals surface area contributed by atoms with Crippen molar-refractivity contribution >= 4 is 49.2 Å². The first-order valence-electron chi connectivity index (χ1n) is 5.51. The third-order valence-corrected chi connectivity index (χ3v) is 3.44. The summed E-state index contributed by atoms with van der Waals surface area (Å²) in [5.74, 6) is 5.95. The maximum atomic E-state index is 5.48. The molecular formula is C13H12Br2N4. The molecule has 98 valence electrons. The fraction of sp³-hybridized carbons (Fsp3) is 0. The Morgan fingerprint density at radius 2 is 1.79 bits per heavy atom. The molecule has 6 heteroatoms. The lowest BCUT2D eigenvalue weighted by Crippen LogP contribution is -2.35. The van der Waals surface area contributed by atoms with Crippen molar-refractivity contribution in [1.29, 1.82) is 0 Å². The third kappa shape index (κ3) is 4.05. The molecule has 0 saturated heterocycles. The van der Waals surface area contributed by atoms with E-state index in [1.54, 1.807) is 0 Å². The van der Waals surface area contributed by atoms with E-state index in [0.717, 1.165) is 20.3 Å². The van der Waals surface area contributed by atoms with Crippen LogP contribution in [0.3, 0.4) is 0 Å². The summed E-state index contributed by atoms with van der Waals surface area (Å²) in [6.07, 6.45) is 0. The van der Waals surface area contributed by atoms with Crippen molar-refractivity contribution in [3.05, 3.63) is 57.5 Å². The van der Waals surface area contributed by atoms with E-state index in [2.05, 4.69) is 47.6 Å². The lowest BCUT2D eigenvalue weighted by Gasteiger charge is -2.09. The van der Waals surface area contributed by atoms with Crippen LogP contribution in [-0.2, 0) is 0 Å². The molecule has 2 rings (SSSR count). The number of hydrazine groups is 1. The molecule has 0 heterocycles. The highest BCUT2D eigenvalue weighted by Gasteiger charge is 2.02. The Morgan fingerprint density at radius 1 is 1.05 bits per heavy atom. The molecular weight excluding hydrogens is 372 g/mol. The van der Waals surface area contributed by atoms with Gasteiger partial charge in [-0.1, -0.05) is 34.1 Å². The van der Waals surface area contributed by atoms with Crippen LogP contribution in [0.1, 0.15) is 0 Å². The second-order valence-corrected chi connectivity index (χ2v) is 5.46. The van der Waals surface area contributed by atoms with Crippen LogP contribution in [0, 0.1) is 0 Å². The van der Waals surface area contributed by atoms with Gasteiger partial charge in [-0.05, 0) is 46.3 Å². The normalized spacial score (nSPS) is 11.2. The van der Waals surface area contributed by atoms with Crippen molar-refractivity contribution in [3.63, 3.8) is 0 Å². The number of guanidine groups is 1. The van der Waals surface area contributed by atoms with Crippen molar-refractivity contribution < 1.29 is 0 Å². The average molecular weight is 384 g/mol. The summed E-state index contributed by atoms with van der Waals surface area (Å²) >= 11 is 6.86. The van der Waals surface area contributed by atoms with Gasteiger partial charge >= 0.3 is 0 Å². The Kier molecular flexibility index (Phi) is 4.95. The molecule has 0 fully saturated rings. The Morgan fingerprint density at radius 3 is 2.42 bits per heavy atom. The highest BCUT2D eigenvalue weighted by molar-refractivity contribution is 9.11. The zero-order chi connectivity index (χ0) is 13.7. The van der Waals surface area contributed by atoms with Crippen LogP contribution in [0.4, 0.5) is 11.4 Å². The molecule has 0 aliphatic heterocycles. The molecule has 19 heavy (non-hydrogen) atoms. The van der Waals surface area contributed by atoms with Gasteiger partial charge in [-0.15, -0.1) is 0 Å². The topological polar surface area (TPSA) is 62.4 Å². The summed E-state index contributed by atoms with van der Waals surface area (Å²) in [7, 11) is 0. The zero-order valence-corrected chi connectivity index (χ0v) is 13.1. The van der Waals surface area contributed by atoms with Crippen LogP contribution in [0.15, 0.2) is 62.5 Å². The Hall–Kier alpha value is -1.37. The minimum atomic E-state index is 0.467. The van der Waals surface area contributed by atoms with E-state index in [4.69, 9.17) is 5.84 Å². The predicted octanol–water partition coefficient (Wildman–Crippen LogP) is 3.77. The van der Waals surface area contributed by atoms with Crippen LogP contribution in [0.25, 0.3) is 0 Å². The third-order valence-electron chi connectivity index (χ3n) is 2.32. The quantitative estimate of drug-likeness (QED) is 0.320. The van der Waals surface area contributed by atoms with Crippen molar-refractivity contribution in [1.82, 2.24) is 5.43 Å². The first kappa shape index (κ1) is 14.0. The van der Waals surface area contributed by atoms with E-state index in [1.165, 1.54) is 0 Å². The summed E-state index contributed by atoms with van der Waals surface area (Å²) in [6.45, 7) is 0. The van der Waals surface area contributed by atoms with Gasteiger partial charge in [-0.25, -0.2) is 10.8 Å². The zero-order valence-electron chi connectivity index (χ0n) is 9.90. The SMILES string of the molecule is NNC(=Nc1ccc(Br)cc1Br)Nc1ccccc1. The van der Waals surface area contributed by atoms with Gasteiger partial charge < -0.3 is 5.32 Å². The number of halogens is 2. The van der Waals surface area contributed by atoms with Crippen molar-refractivity contribution in [2.75, 3.05) is 5.32 Å². The fourth-order valence-electron chi connectivity index (χ4n) is 1.45. The van der Waals surface area contributed by atoms with E-state index >= 15 is 0 Å². The van der Waals surface area contributed by atoms with Gasteiger partial charge in [-0.2, -0.15) is 0 Å². The Balaban J connectivity index is 2.23. The first-order valence-corrected chi connectivity index (χ1v) is 7.10. The van der Waals surface area contributed by atoms with Gasteiger partial charge in [-0.3, -0.25) is 5.43 Å². The van der Waals surface area contributed by atoms with Crippen molar-refractivity contribution in [2.45, 2.75) is 0 Å². The lowest BCUT2D eigenvalue weighted by atomic mass is 10.3. The lowest BCUT2D eigenvalue weighted by molar-refractivity contribution is 1.02. The smallest absolute Gasteiger partial charge is 0.215 e.